The van der Waals surface area contributed by atoms with E-state index in [2.05, 4.69) is 25.7 Å². The van der Waals surface area contributed by atoms with E-state index >= 15 is 0 Å². The van der Waals surface area contributed by atoms with E-state index in [0.29, 0.717) is 6.61 Å². The Morgan fingerprint density at radius 1 is 1.38 bits per heavy atom. The number of nitrogens with one attached hydrogen (secondary N) is 2. The number of thioether (sulfide) groups is 1. The number of guanidine groups is 1. The molecule has 1 atom stereocenters. The Kier molecular flexibility index (Phi) is 10.2. The first-order valence-corrected chi connectivity index (χ1v) is 10.4. The Morgan fingerprint density at radius 3 is 2.90 bits per heavy atom. The van der Waals surface area contributed by atoms with Crippen LogP contribution in [0.15, 0.2) is 34.2 Å². The molecule has 1 aromatic heterocycles. The molecule has 2 aromatic rings. The van der Waals surface area contributed by atoms with Gasteiger partial charge in [0.15, 0.2) is 11.8 Å². The number of hydrogen-bond donors (Lipinski definition) is 2. The van der Waals surface area contributed by atoms with Crippen molar-refractivity contribution in [2.24, 2.45) is 4.99 Å². The summed E-state index contributed by atoms with van der Waals surface area (Å²) in [7, 11) is 3.43. The number of rotatable bonds is 8. The van der Waals surface area contributed by atoms with Gasteiger partial charge in [-0.15, -0.1) is 35.7 Å². The van der Waals surface area contributed by atoms with Crippen LogP contribution in [0.3, 0.4) is 0 Å². The van der Waals surface area contributed by atoms with Crippen LogP contribution in [0.1, 0.15) is 24.5 Å². The van der Waals surface area contributed by atoms with Gasteiger partial charge in [-0.1, -0.05) is 0 Å². The Morgan fingerprint density at radius 2 is 2.17 bits per heavy atom. The zero-order valence-electron chi connectivity index (χ0n) is 16.7. The van der Waals surface area contributed by atoms with Gasteiger partial charge in [0.05, 0.1) is 6.54 Å². The number of benzene rings is 1. The van der Waals surface area contributed by atoms with Crippen molar-refractivity contribution in [2.45, 2.75) is 43.4 Å². The third kappa shape index (κ3) is 7.41. The van der Waals surface area contributed by atoms with Crippen molar-refractivity contribution in [3.8, 4) is 0 Å². The summed E-state index contributed by atoms with van der Waals surface area (Å²) in [5, 5.41) is 11.3. The molecule has 0 saturated carbocycles. The molecule has 29 heavy (non-hydrogen) atoms. The Balaban J connectivity index is 0.00000300. The minimum Gasteiger partial charge on any atom is -0.377 e. The van der Waals surface area contributed by atoms with Gasteiger partial charge in [0.25, 0.3) is 0 Å². The number of methoxy groups -OCH3 is 1. The quantitative estimate of drug-likeness (QED) is 0.179. The maximum Gasteiger partial charge on any atom is 0.191 e. The van der Waals surface area contributed by atoms with Crippen LogP contribution < -0.4 is 10.6 Å². The highest BCUT2D eigenvalue weighted by Gasteiger charge is 2.22. The van der Waals surface area contributed by atoms with Crippen molar-refractivity contribution in [3.63, 3.8) is 0 Å². The van der Waals surface area contributed by atoms with E-state index in [4.69, 9.17) is 4.74 Å². The smallest absolute Gasteiger partial charge is 0.191 e. The number of aliphatic imine (C=N–C) groups is 1. The van der Waals surface area contributed by atoms with Crippen molar-refractivity contribution in [1.29, 1.82) is 0 Å². The second-order valence-corrected chi connectivity index (χ2v) is 7.76. The lowest BCUT2D eigenvalue weighted by molar-refractivity contribution is 0.177. The molecule has 10 heteroatoms. The molecule has 160 valence electrons. The first-order valence-electron chi connectivity index (χ1n) is 9.45. The normalized spacial score (nSPS) is 16.1. The first-order chi connectivity index (χ1) is 13.7. The largest absolute Gasteiger partial charge is 0.377 e. The maximum atomic E-state index is 12.9. The molecule has 3 rings (SSSR count). The second-order valence-electron chi connectivity index (χ2n) is 6.59. The fourth-order valence-electron chi connectivity index (χ4n) is 3.06. The highest BCUT2D eigenvalue weighted by atomic mass is 127. The zero-order valence-corrected chi connectivity index (χ0v) is 19.9. The van der Waals surface area contributed by atoms with Gasteiger partial charge in [0.1, 0.15) is 18.2 Å². The van der Waals surface area contributed by atoms with Crippen LogP contribution in [0.5, 0.6) is 0 Å². The van der Waals surface area contributed by atoms with E-state index in [1.165, 1.54) is 12.1 Å². The molecule has 1 unspecified atom stereocenters. The number of ether oxygens (including phenoxy) is 1. The lowest BCUT2D eigenvalue weighted by Crippen LogP contribution is -2.47. The fourth-order valence-corrected chi connectivity index (χ4v) is 3.91. The van der Waals surface area contributed by atoms with Crippen molar-refractivity contribution in [2.75, 3.05) is 26.5 Å². The summed E-state index contributed by atoms with van der Waals surface area (Å²) in [6, 6.07) is 6.88. The van der Waals surface area contributed by atoms with E-state index in [9.17, 15) is 4.39 Å². The summed E-state index contributed by atoms with van der Waals surface area (Å²) >= 11 is 1.73. The number of hydrogen-bond acceptors (Lipinski definition) is 5. The number of fused-ring (bicyclic) bond motifs is 1. The van der Waals surface area contributed by atoms with Crippen LogP contribution in [0, 0.1) is 5.82 Å². The average molecular weight is 534 g/mol. The molecule has 2 heterocycles. The van der Waals surface area contributed by atoms with Gasteiger partial charge in [-0.25, -0.2) is 14.1 Å². The lowest BCUT2D eigenvalue weighted by atomic mass is 10.1. The van der Waals surface area contributed by atoms with Gasteiger partial charge in [-0.2, -0.15) is 5.10 Å². The summed E-state index contributed by atoms with van der Waals surface area (Å²) in [5.41, 5.74) is 0. The number of nitrogens with zero attached hydrogens (tertiary/aromatic N) is 4. The molecule has 0 saturated heterocycles. The topological polar surface area (TPSA) is 76.4 Å². The van der Waals surface area contributed by atoms with Gasteiger partial charge < -0.3 is 15.4 Å². The van der Waals surface area contributed by atoms with E-state index < -0.39 is 0 Å². The van der Waals surface area contributed by atoms with Crippen LogP contribution >= 0.6 is 35.7 Å². The molecule has 0 bridgehead atoms. The van der Waals surface area contributed by atoms with Gasteiger partial charge in [0.2, 0.25) is 0 Å². The molecule has 1 aliphatic heterocycles. The van der Waals surface area contributed by atoms with E-state index in [1.807, 2.05) is 16.8 Å². The Bertz CT molecular complexity index is 786. The average Bonchev–Trinajstić information content (AvgIpc) is 3.10. The molecule has 7 nitrogen and oxygen atoms in total. The molecule has 1 aromatic carbocycles. The summed E-state index contributed by atoms with van der Waals surface area (Å²) < 4.78 is 20.0. The first kappa shape index (κ1) is 23.9. The van der Waals surface area contributed by atoms with E-state index in [-0.39, 0.29) is 35.8 Å². The standard InChI is InChI=1S/C19H27FN6OS.HI/c1-21-19(22-10-3-11-28-16-7-4-14(20)5-8-16)23-15-6-9-18-24-17(13-27-2)25-26(18)12-15;/h4-5,7-8,15H,3,6,9-13H2,1-2H3,(H2,21,22,23);1H. The molecule has 0 fully saturated rings. The molecule has 2 N–H and O–H groups in total. The molecular formula is C19H28FIN6OS. The summed E-state index contributed by atoms with van der Waals surface area (Å²) in [5.74, 6) is 3.32. The molecule has 0 radical (unpaired) electrons. The summed E-state index contributed by atoms with van der Waals surface area (Å²) in [4.78, 5) is 9.91. The summed E-state index contributed by atoms with van der Waals surface area (Å²) in [6.07, 6.45) is 2.87. The Hall–Kier alpha value is -1.40. The number of halogens is 2. The molecule has 0 spiro atoms. The van der Waals surface area contributed by atoms with Crippen LogP contribution in [-0.2, 0) is 24.3 Å². The van der Waals surface area contributed by atoms with E-state index in [1.54, 1.807) is 25.9 Å². The summed E-state index contributed by atoms with van der Waals surface area (Å²) in [6.45, 7) is 2.04. The molecule has 0 amide bonds. The van der Waals surface area contributed by atoms with Gasteiger partial charge >= 0.3 is 0 Å². The van der Waals surface area contributed by atoms with Crippen LogP contribution in [0.2, 0.25) is 0 Å². The number of aromatic nitrogens is 3. The molecule has 1 aliphatic rings. The van der Waals surface area contributed by atoms with Crippen LogP contribution in [0.25, 0.3) is 0 Å². The Labute approximate surface area is 192 Å². The third-order valence-electron chi connectivity index (χ3n) is 4.44. The van der Waals surface area contributed by atoms with Crippen molar-refractivity contribution < 1.29 is 9.13 Å². The monoisotopic (exact) mass is 534 g/mol. The molecular weight excluding hydrogens is 506 g/mol. The minimum atomic E-state index is -0.198. The van der Waals surface area contributed by atoms with Crippen LogP contribution in [-0.4, -0.2) is 53.2 Å². The lowest BCUT2D eigenvalue weighted by Gasteiger charge is -2.25. The van der Waals surface area contributed by atoms with Gasteiger partial charge in [-0.05, 0) is 42.9 Å². The SMILES string of the molecule is CN=C(NCCCSc1ccc(F)cc1)NC1CCc2nc(COC)nn2C1.I. The predicted octanol–water partition coefficient (Wildman–Crippen LogP) is 2.84. The minimum absolute atomic E-state index is 0. The zero-order chi connectivity index (χ0) is 19.8. The van der Waals surface area contributed by atoms with Crippen molar-refractivity contribution >= 4 is 41.7 Å². The maximum absolute atomic E-state index is 12.9. The second kappa shape index (κ2) is 12.3. The van der Waals surface area contributed by atoms with E-state index in [0.717, 1.165) is 60.6 Å². The molecule has 0 aliphatic carbocycles. The fraction of sp³-hybridized carbons (Fsp3) is 0.526. The highest BCUT2D eigenvalue weighted by molar-refractivity contribution is 14.0. The number of aryl methyl sites for hydroxylation is 1. The van der Waals surface area contributed by atoms with Gasteiger partial charge in [-0.3, -0.25) is 4.99 Å². The highest BCUT2D eigenvalue weighted by Crippen LogP contribution is 2.18. The van der Waals surface area contributed by atoms with Crippen LogP contribution in [0.4, 0.5) is 4.39 Å². The third-order valence-corrected chi connectivity index (χ3v) is 5.53. The van der Waals surface area contributed by atoms with Gasteiger partial charge in [0, 0.05) is 38.1 Å². The predicted molar refractivity (Wildman–Crippen MR) is 124 cm³/mol. The van der Waals surface area contributed by atoms with Crippen molar-refractivity contribution in [3.05, 3.63) is 41.7 Å². The van der Waals surface area contributed by atoms with Crippen molar-refractivity contribution in [1.82, 2.24) is 25.4 Å².